The second kappa shape index (κ2) is 9.17. The molecule has 1 saturated carbocycles. The van der Waals surface area contributed by atoms with E-state index >= 15 is 0 Å². The molecule has 10 heteroatoms. The number of benzene rings is 2. The van der Waals surface area contributed by atoms with Gasteiger partial charge in [-0.25, -0.2) is 22.2 Å². The summed E-state index contributed by atoms with van der Waals surface area (Å²) in [7, 11) is -3.56. The summed E-state index contributed by atoms with van der Waals surface area (Å²) in [5.41, 5.74) is 1.55. The highest BCUT2D eigenvalue weighted by Crippen LogP contribution is 2.39. The van der Waals surface area contributed by atoms with Gasteiger partial charge < -0.3 is 4.57 Å². The first kappa shape index (κ1) is 23.1. The van der Waals surface area contributed by atoms with E-state index in [2.05, 4.69) is 4.57 Å². The van der Waals surface area contributed by atoms with Crippen molar-refractivity contribution in [2.24, 2.45) is 0 Å². The van der Waals surface area contributed by atoms with Crippen LogP contribution in [0.4, 0.5) is 8.78 Å². The number of aromatic nitrogens is 2. The molecule has 1 aliphatic carbocycles. The summed E-state index contributed by atoms with van der Waals surface area (Å²) < 4.78 is 57.9. The van der Waals surface area contributed by atoms with E-state index in [1.807, 2.05) is 6.07 Å². The molecule has 2 aliphatic rings. The Morgan fingerprint density at radius 1 is 1.03 bits per heavy atom. The Morgan fingerprint density at radius 3 is 2.45 bits per heavy atom. The molecule has 2 heterocycles. The van der Waals surface area contributed by atoms with E-state index in [0.29, 0.717) is 23.8 Å². The molecule has 0 atom stereocenters. The van der Waals surface area contributed by atoms with Gasteiger partial charge in [-0.3, -0.25) is 0 Å². The SMILES string of the molecule is O=S(=O)(c1ccc2c(c1)nc(SCc1c(F)ccc(F)c1Cl)n2C1CCCC1)N1CCCC1. The van der Waals surface area contributed by atoms with Crippen molar-refractivity contribution >= 4 is 44.4 Å². The summed E-state index contributed by atoms with van der Waals surface area (Å²) in [4.78, 5) is 4.98. The highest BCUT2D eigenvalue weighted by molar-refractivity contribution is 7.98. The van der Waals surface area contributed by atoms with Gasteiger partial charge in [0.15, 0.2) is 5.16 Å². The van der Waals surface area contributed by atoms with E-state index in [0.717, 1.165) is 56.2 Å². The minimum absolute atomic E-state index is 0.101. The smallest absolute Gasteiger partial charge is 0.243 e. The summed E-state index contributed by atoms with van der Waals surface area (Å²) in [6, 6.07) is 7.44. The molecule has 0 unspecified atom stereocenters. The minimum Gasteiger partial charge on any atom is -0.316 e. The van der Waals surface area contributed by atoms with E-state index in [-0.39, 0.29) is 27.3 Å². The van der Waals surface area contributed by atoms with E-state index in [9.17, 15) is 17.2 Å². The molecule has 5 nitrogen and oxygen atoms in total. The van der Waals surface area contributed by atoms with Gasteiger partial charge in [-0.1, -0.05) is 36.2 Å². The van der Waals surface area contributed by atoms with Gasteiger partial charge in [-0.2, -0.15) is 4.31 Å². The van der Waals surface area contributed by atoms with Crippen LogP contribution in [-0.4, -0.2) is 35.4 Å². The van der Waals surface area contributed by atoms with Gasteiger partial charge in [0, 0.05) is 30.4 Å². The molecule has 1 aliphatic heterocycles. The number of thioether (sulfide) groups is 1. The Morgan fingerprint density at radius 2 is 1.73 bits per heavy atom. The Bertz CT molecular complexity index is 1300. The summed E-state index contributed by atoms with van der Waals surface area (Å²) >= 11 is 7.31. The Hall–Kier alpha value is -1.68. The quantitative estimate of drug-likeness (QED) is 0.294. The van der Waals surface area contributed by atoms with Crippen LogP contribution in [0.5, 0.6) is 0 Å². The third kappa shape index (κ3) is 4.29. The lowest BCUT2D eigenvalue weighted by Crippen LogP contribution is -2.27. The second-order valence-corrected chi connectivity index (χ2v) is 11.8. The van der Waals surface area contributed by atoms with Gasteiger partial charge in [-0.15, -0.1) is 0 Å². The number of hydrogen-bond acceptors (Lipinski definition) is 4. The Balaban J connectivity index is 1.53. The van der Waals surface area contributed by atoms with Gasteiger partial charge in [0.2, 0.25) is 10.0 Å². The normalized spacial score (nSPS) is 18.0. The molecule has 1 aromatic heterocycles. The summed E-state index contributed by atoms with van der Waals surface area (Å²) in [5, 5.41) is 0.442. The van der Waals surface area contributed by atoms with Crippen molar-refractivity contribution in [2.45, 2.75) is 60.4 Å². The van der Waals surface area contributed by atoms with Crippen LogP contribution in [-0.2, 0) is 15.8 Å². The fourth-order valence-electron chi connectivity index (χ4n) is 4.75. The Labute approximate surface area is 201 Å². The summed E-state index contributed by atoms with van der Waals surface area (Å²) in [6.07, 6.45) is 5.97. The van der Waals surface area contributed by atoms with Gasteiger partial charge >= 0.3 is 0 Å². The van der Waals surface area contributed by atoms with Crippen LogP contribution >= 0.6 is 23.4 Å². The van der Waals surface area contributed by atoms with Crippen molar-refractivity contribution < 1.29 is 17.2 Å². The number of fused-ring (bicyclic) bond motifs is 1. The molecule has 0 radical (unpaired) electrons. The molecule has 33 heavy (non-hydrogen) atoms. The van der Waals surface area contributed by atoms with Crippen molar-refractivity contribution in [3.05, 3.63) is 52.6 Å². The lowest BCUT2D eigenvalue weighted by molar-refractivity contribution is 0.477. The number of hydrogen-bond donors (Lipinski definition) is 0. The molecule has 176 valence electrons. The lowest BCUT2D eigenvalue weighted by Gasteiger charge is -2.17. The zero-order chi connectivity index (χ0) is 23.2. The number of nitrogens with zero attached hydrogens (tertiary/aromatic N) is 3. The van der Waals surface area contributed by atoms with Gasteiger partial charge in [0.25, 0.3) is 0 Å². The van der Waals surface area contributed by atoms with Gasteiger partial charge in [0.1, 0.15) is 11.6 Å². The zero-order valence-electron chi connectivity index (χ0n) is 17.9. The number of imidazole rings is 1. The predicted molar refractivity (Wildman–Crippen MR) is 126 cm³/mol. The zero-order valence-corrected chi connectivity index (χ0v) is 20.3. The number of halogens is 3. The highest BCUT2D eigenvalue weighted by atomic mass is 35.5. The van der Waals surface area contributed by atoms with E-state index in [1.54, 1.807) is 12.1 Å². The van der Waals surface area contributed by atoms with Crippen LogP contribution in [0.3, 0.4) is 0 Å². The summed E-state index contributed by atoms with van der Waals surface area (Å²) in [6.45, 7) is 1.08. The van der Waals surface area contributed by atoms with E-state index < -0.39 is 21.7 Å². The molecule has 0 N–H and O–H groups in total. The molecule has 0 amide bonds. The second-order valence-electron chi connectivity index (χ2n) is 8.57. The first-order valence-electron chi connectivity index (χ1n) is 11.1. The van der Waals surface area contributed by atoms with E-state index in [1.165, 1.54) is 16.1 Å². The largest absolute Gasteiger partial charge is 0.316 e. The maximum atomic E-state index is 14.3. The van der Waals surface area contributed by atoms with Crippen LogP contribution in [0.25, 0.3) is 11.0 Å². The molecule has 0 bridgehead atoms. The van der Waals surface area contributed by atoms with Crippen molar-refractivity contribution in [1.82, 2.24) is 13.9 Å². The minimum atomic E-state index is -3.56. The average molecular weight is 512 g/mol. The third-order valence-corrected chi connectivity index (χ3v) is 9.79. The third-order valence-electron chi connectivity index (χ3n) is 6.51. The standard InChI is InChI=1S/C23H24ClF2N3O2S2/c24-22-17(18(25)8-9-19(22)26)14-32-23-27-20-13-16(33(30,31)28-11-3-4-12-28)7-10-21(20)29(23)15-5-1-2-6-15/h7-10,13,15H,1-6,11-12,14H2. The monoisotopic (exact) mass is 511 g/mol. The van der Waals surface area contributed by atoms with Crippen molar-refractivity contribution in [3.8, 4) is 0 Å². The average Bonchev–Trinajstić information content (AvgIpc) is 3.56. The first-order valence-corrected chi connectivity index (χ1v) is 13.9. The summed E-state index contributed by atoms with van der Waals surface area (Å²) in [5.74, 6) is -1.09. The van der Waals surface area contributed by atoms with Crippen molar-refractivity contribution in [3.63, 3.8) is 0 Å². The topological polar surface area (TPSA) is 55.2 Å². The highest BCUT2D eigenvalue weighted by Gasteiger charge is 2.29. The van der Waals surface area contributed by atoms with Crippen LogP contribution in [0.1, 0.15) is 50.1 Å². The van der Waals surface area contributed by atoms with Gasteiger partial charge in [0.05, 0.1) is 21.0 Å². The van der Waals surface area contributed by atoms with Crippen molar-refractivity contribution in [1.29, 1.82) is 0 Å². The molecular formula is C23H24ClF2N3O2S2. The van der Waals surface area contributed by atoms with Crippen LogP contribution in [0, 0.1) is 11.6 Å². The molecular weight excluding hydrogens is 488 g/mol. The van der Waals surface area contributed by atoms with E-state index in [4.69, 9.17) is 16.6 Å². The maximum absolute atomic E-state index is 14.3. The van der Waals surface area contributed by atoms with Crippen LogP contribution in [0.2, 0.25) is 5.02 Å². The first-order chi connectivity index (χ1) is 15.9. The molecule has 5 rings (SSSR count). The molecule has 3 aromatic rings. The predicted octanol–water partition coefficient (Wildman–Crippen LogP) is 6.16. The lowest BCUT2D eigenvalue weighted by atomic mass is 10.2. The molecule has 2 aromatic carbocycles. The fraction of sp³-hybridized carbons (Fsp3) is 0.435. The molecule has 0 spiro atoms. The number of sulfonamides is 1. The maximum Gasteiger partial charge on any atom is 0.243 e. The van der Waals surface area contributed by atoms with Gasteiger partial charge in [-0.05, 0) is 56.0 Å². The fourth-order valence-corrected chi connectivity index (χ4v) is 7.69. The van der Waals surface area contributed by atoms with Crippen molar-refractivity contribution in [2.75, 3.05) is 13.1 Å². The molecule has 2 fully saturated rings. The van der Waals surface area contributed by atoms with Crippen LogP contribution < -0.4 is 0 Å². The molecule has 1 saturated heterocycles. The number of rotatable bonds is 6. The Kier molecular flexibility index (Phi) is 6.41. The van der Waals surface area contributed by atoms with Crippen LogP contribution in [0.15, 0.2) is 40.4 Å².